The lowest BCUT2D eigenvalue weighted by Gasteiger charge is -2.26. The third-order valence-electron chi connectivity index (χ3n) is 9.90. The normalized spacial score (nSPS) is 23.5. The predicted octanol–water partition coefficient (Wildman–Crippen LogP) is 7.49. The molecular weight excluding hydrogens is 492 g/mol. The minimum absolute atomic E-state index is 0.447. The Kier molecular flexibility index (Phi) is 8.29. The Hall–Kier alpha value is -1.92. The maximum Gasteiger partial charge on any atom is 0.132 e. The maximum atomic E-state index is 4.94. The maximum absolute atomic E-state index is 4.94. The molecule has 218 valence electrons. The molecule has 1 unspecified atom stereocenters. The monoisotopic (exact) mass is 544 g/mol. The first-order valence-corrected chi connectivity index (χ1v) is 16.5. The third kappa shape index (κ3) is 6.92. The van der Waals surface area contributed by atoms with Crippen molar-refractivity contribution in [3.8, 4) is 0 Å². The Morgan fingerprint density at radius 1 is 0.700 bits per heavy atom. The van der Waals surface area contributed by atoms with E-state index in [9.17, 15) is 0 Å². The van der Waals surface area contributed by atoms with Gasteiger partial charge in [0.2, 0.25) is 0 Å². The van der Waals surface area contributed by atoms with Gasteiger partial charge in [0.25, 0.3) is 0 Å². The van der Waals surface area contributed by atoms with Crippen LogP contribution in [-0.2, 0) is 6.54 Å². The van der Waals surface area contributed by atoms with Gasteiger partial charge in [-0.2, -0.15) is 0 Å². The van der Waals surface area contributed by atoms with E-state index in [4.69, 9.17) is 19.9 Å². The Balaban J connectivity index is 0.000000145. The molecule has 0 aromatic carbocycles. The van der Waals surface area contributed by atoms with Gasteiger partial charge in [0.15, 0.2) is 0 Å². The molecule has 3 aliphatic carbocycles. The number of aromatic nitrogens is 4. The summed E-state index contributed by atoms with van der Waals surface area (Å²) in [6.45, 7) is 17.3. The van der Waals surface area contributed by atoms with Crippen LogP contribution in [0.2, 0.25) is 0 Å². The minimum Gasteiger partial charge on any atom is -0.298 e. The summed E-state index contributed by atoms with van der Waals surface area (Å²) < 4.78 is 0. The summed E-state index contributed by atoms with van der Waals surface area (Å²) in [4.78, 5) is 24.5. The third-order valence-corrected chi connectivity index (χ3v) is 9.90. The first-order valence-electron chi connectivity index (χ1n) is 16.5. The zero-order valence-electron chi connectivity index (χ0n) is 25.8. The lowest BCUT2D eigenvalue weighted by molar-refractivity contribution is 0.218. The molecule has 7 rings (SSSR count). The first kappa shape index (κ1) is 28.2. The Morgan fingerprint density at radius 3 is 1.82 bits per heavy atom. The molecule has 4 heterocycles. The SMILES string of the molecule is CC(C)c1cc(C(C)N2CCC3(CC3)C2)nc(C2CC2)n1.CC(C)c1cc(CN2CCCCC2)nc(C2CC2)n1. The molecule has 2 aromatic heterocycles. The van der Waals surface area contributed by atoms with Crippen LogP contribution < -0.4 is 0 Å². The van der Waals surface area contributed by atoms with Crippen molar-refractivity contribution in [2.75, 3.05) is 26.2 Å². The molecule has 2 saturated heterocycles. The molecule has 2 aromatic rings. The number of hydrogen-bond acceptors (Lipinski definition) is 6. The number of piperidine rings is 1. The highest BCUT2D eigenvalue weighted by atomic mass is 15.2. The van der Waals surface area contributed by atoms with Crippen LogP contribution in [-0.4, -0.2) is 55.9 Å². The number of nitrogens with zero attached hydrogens (tertiary/aromatic N) is 6. The van der Waals surface area contributed by atoms with Crippen LogP contribution in [0.25, 0.3) is 0 Å². The lowest BCUT2D eigenvalue weighted by atomic mass is 10.1. The van der Waals surface area contributed by atoms with Gasteiger partial charge in [-0.3, -0.25) is 9.80 Å². The van der Waals surface area contributed by atoms with Crippen LogP contribution in [0.5, 0.6) is 0 Å². The highest BCUT2D eigenvalue weighted by molar-refractivity contribution is 5.21. The second kappa shape index (κ2) is 11.8. The van der Waals surface area contributed by atoms with Crippen molar-refractivity contribution in [3.05, 3.63) is 46.6 Å². The molecule has 0 N–H and O–H groups in total. The van der Waals surface area contributed by atoms with Gasteiger partial charge in [0.05, 0.1) is 11.4 Å². The quantitative estimate of drug-likeness (QED) is 0.343. The van der Waals surface area contributed by atoms with E-state index < -0.39 is 0 Å². The highest BCUT2D eigenvalue weighted by Crippen LogP contribution is 2.54. The fourth-order valence-corrected chi connectivity index (χ4v) is 6.40. The van der Waals surface area contributed by atoms with Gasteiger partial charge in [0.1, 0.15) is 11.6 Å². The summed E-state index contributed by atoms with van der Waals surface area (Å²) in [5.74, 6) is 4.51. The van der Waals surface area contributed by atoms with Crippen LogP contribution in [0.4, 0.5) is 0 Å². The van der Waals surface area contributed by atoms with Crippen LogP contribution in [0.3, 0.4) is 0 Å². The van der Waals surface area contributed by atoms with Gasteiger partial charge in [-0.25, -0.2) is 19.9 Å². The molecule has 5 aliphatic rings. The van der Waals surface area contributed by atoms with Gasteiger partial charge in [0, 0.05) is 42.4 Å². The molecule has 40 heavy (non-hydrogen) atoms. The van der Waals surface area contributed by atoms with Crippen molar-refractivity contribution >= 4 is 0 Å². The highest BCUT2D eigenvalue weighted by Gasteiger charge is 2.48. The molecule has 6 heteroatoms. The molecule has 6 nitrogen and oxygen atoms in total. The van der Waals surface area contributed by atoms with Gasteiger partial charge in [-0.15, -0.1) is 0 Å². The average molecular weight is 545 g/mol. The number of hydrogen-bond donors (Lipinski definition) is 0. The number of likely N-dealkylation sites (tertiary alicyclic amines) is 2. The smallest absolute Gasteiger partial charge is 0.132 e. The number of rotatable bonds is 8. The molecular formula is C34H52N6. The zero-order chi connectivity index (χ0) is 27.9. The molecule has 1 spiro atoms. The van der Waals surface area contributed by atoms with Crippen molar-refractivity contribution in [2.24, 2.45) is 5.41 Å². The van der Waals surface area contributed by atoms with Gasteiger partial charge < -0.3 is 0 Å². The van der Waals surface area contributed by atoms with Crippen LogP contribution in [0.1, 0.15) is 163 Å². The van der Waals surface area contributed by atoms with Crippen molar-refractivity contribution in [1.82, 2.24) is 29.7 Å². The summed E-state index contributed by atoms with van der Waals surface area (Å²) in [6.07, 6.45) is 13.5. The van der Waals surface area contributed by atoms with E-state index in [0.717, 1.165) is 18.2 Å². The second-order valence-electron chi connectivity index (χ2n) is 14.3. The largest absolute Gasteiger partial charge is 0.298 e. The van der Waals surface area contributed by atoms with E-state index >= 15 is 0 Å². The van der Waals surface area contributed by atoms with Crippen LogP contribution in [0.15, 0.2) is 12.1 Å². The lowest BCUT2D eigenvalue weighted by Crippen LogP contribution is -2.29. The minimum atomic E-state index is 0.447. The summed E-state index contributed by atoms with van der Waals surface area (Å²) in [5.41, 5.74) is 5.65. The van der Waals surface area contributed by atoms with Crippen molar-refractivity contribution < 1.29 is 0 Å². The summed E-state index contributed by atoms with van der Waals surface area (Å²) in [7, 11) is 0. The Labute approximate surface area is 242 Å². The van der Waals surface area contributed by atoms with Gasteiger partial charge in [-0.1, -0.05) is 34.1 Å². The van der Waals surface area contributed by atoms with Crippen LogP contribution in [0, 0.1) is 5.41 Å². The van der Waals surface area contributed by atoms with E-state index in [1.54, 1.807) is 0 Å². The fraction of sp³-hybridized carbons (Fsp3) is 0.765. The Morgan fingerprint density at radius 2 is 1.27 bits per heavy atom. The van der Waals surface area contributed by atoms with Gasteiger partial charge in [-0.05, 0) is 114 Å². The fourth-order valence-electron chi connectivity index (χ4n) is 6.40. The molecule has 0 bridgehead atoms. The van der Waals surface area contributed by atoms with E-state index in [1.807, 2.05) is 0 Å². The molecule has 5 fully saturated rings. The van der Waals surface area contributed by atoms with Crippen LogP contribution >= 0.6 is 0 Å². The topological polar surface area (TPSA) is 58.0 Å². The molecule has 0 amide bonds. The molecule has 0 radical (unpaired) electrons. The Bertz CT molecular complexity index is 1120. The van der Waals surface area contributed by atoms with E-state index in [1.165, 1.54) is 113 Å². The second-order valence-corrected chi connectivity index (χ2v) is 14.3. The van der Waals surface area contributed by atoms with E-state index in [0.29, 0.717) is 35.1 Å². The summed E-state index contributed by atoms with van der Waals surface area (Å²) in [6, 6.07) is 4.94. The standard InChI is InChI=1S/C18H27N3.C16H25N3/c1-12(2)15-10-16(20-17(19-15)14-4-5-14)13(3)21-9-8-18(11-21)6-7-18;1-12(2)15-10-14(11-19-8-4-3-5-9-19)17-16(18-15)13-6-7-13/h10,12-14H,4-9,11H2,1-3H3;10,12-13H,3-9,11H2,1-2H3. The van der Waals surface area contributed by atoms with Crippen molar-refractivity contribution in [1.29, 1.82) is 0 Å². The molecule has 3 saturated carbocycles. The van der Waals surface area contributed by atoms with Crippen molar-refractivity contribution in [2.45, 2.75) is 135 Å². The zero-order valence-corrected chi connectivity index (χ0v) is 25.8. The molecule has 1 atom stereocenters. The summed E-state index contributed by atoms with van der Waals surface area (Å²) >= 11 is 0. The van der Waals surface area contributed by atoms with E-state index in [2.05, 4.69) is 56.6 Å². The van der Waals surface area contributed by atoms with Gasteiger partial charge >= 0.3 is 0 Å². The van der Waals surface area contributed by atoms with Crippen molar-refractivity contribution in [3.63, 3.8) is 0 Å². The first-order chi connectivity index (χ1) is 19.3. The average Bonchev–Trinajstić information content (AvgIpc) is 3.82. The summed E-state index contributed by atoms with van der Waals surface area (Å²) in [5, 5.41) is 0. The predicted molar refractivity (Wildman–Crippen MR) is 162 cm³/mol. The molecule has 2 aliphatic heterocycles. The van der Waals surface area contributed by atoms with E-state index in [-0.39, 0.29) is 0 Å².